The number of carbonyl (C=O) groups is 1. The van der Waals surface area contributed by atoms with E-state index in [4.69, 9.17) is 0 Å². The Hall–Kier alpha value is -2.70. The first-order valence-electron chi connectivity index (χ1n) is 10.1. The number of Topliss-reactive ketones (excluding diaryl/α,β-unsaturated/α-hetero) is 1. The number of hydrogen-bond acceptors (Lipinski definition) is 5. The Morgan fingerprint density at radius 2 is 2.00 bits per heavy atom. The summed E-state index contributed by atoms with van der Waals surface area (Å²) in [6.07, 6.45) is 3.32. The molecular formula is C24H21N3OS2. The molecular weight excluding hydrogens is 410 g/mol. The van der Waals surface area contributed by atoms with Crippen molar-refractivity contribution in [2.75, 3.05) is 5.32 Å². The zero-order valence-electron chi connectivity index (χ0n) is 16.8. The van der Waals surface area contributed by atoms with Crippen LogP contribution in [0.5, 0.6) is 0 Å². The third-order valence-corrected chi connectivity index (χ3v) is 8.33. The quantitative estimate of drug-likeness (QED) is 0.378. The van der Waals surface area contributed by atoms with Gasteiger partial charge in [-0.25, -0.2) is 0 Å². The van der Waals surface area contributed by atoms with Crippen LogP contribution in [0.25, 0.3) is 20.7 Å². The summed E-state index contributed by atoms with van der Waals surface area (Å²) in [6.45, 7) is 4.36. The molecule has 0 saturated heterocycles. The average molecular weight is 432 g/mol. The van der Waals surface area contributed by atoms with Crippen molar-refractivity contribution in [3.05, 3.63) is 69.7 Å². The van der Waals surface area contributed by atoms with Gasteiger partial charge in [0.15, 0.2) is 5.78 Å². The second-order valence-electron chi connectivity index (χ2n) is 8.93. The van der Waals surface area contributed by atoms with Crippen LogP contribution in [0.3, 0.4) is 0 Å². The molecule has 3 aromatic heterocycles. The van der Waals surface area contributed by atoms with Gasteiger partial charge in [0.25, 0.3) is 0 Å². The molecule has 6 rings (SSSR count). The largest absolute Gasteiger partial charge is 0.358 e. The molecule has 4 aromatic rings. The fourth-order valence-corrected chi connectivity index (χ4v) is 6.84. The van der Waals surface area contributed by atoms with Gasteiger partial charge in [0.05, 0.1) is 17.6 Å². The van der Waals surface area contributed by atoms with Gasteiger partial charge in [-0.3, -0.25) is 9.89 Å². The van der Waals surface area contributed by atoms with E-state index in [0.717, 1.165) is 39.8 Å². The molecule has 2 N–H and O–H groups in total. The Morgan fingerprint density at radius 3 is 2.83 bits per heavy atom. The number of anilines is 1. The molecule has 0 saturated carbocycles. The highest BCUT2D eigenvalue weighted by Gasteiger charge is 2.42. The Bertz CT molecular complexity index is 1320. The minimum atomic E-state index is -0.0669. The summed E-state index contributed by atoms with van der Waals surface area (Å²) < 4.78 is 0. The maximum Gasteiger partial charge on any atom is 0.162 e. The third kappa shape index (κ3) is 2.71. The minimum Gasteiger partial charge on any atom is -0.358 e. The minimum absolute atomic E-state index is 0.0271. The molecule has 6 heteroatoms. The SMILES string of the molecule is CC1(C)CC(=O)C2=C(C1)Nc1ccc3cn[nH]c3c1C2c1ccc(-c2cccs2)s1. The Balaban J connectivity index is 1.59. The molecule has 0 spiro atoms. The van der Waals surface area contributed by atoms with Gasteiger partial charge in [-0.1, -0.05) is 19.9 Å². The number of benzene rings is 1. The van der Waals surface area contributed by atoms with Crippen molar-refractivity contribution >= 4 is 45.0 Å². The second-order valence-corrected chi connectivity index (χ2v) is 11.0. The number of ketones is 1. The van der Waals surface area contributed by atoms with Crippen LogP contribution in [0.4, 0.5) is 5.69 Å². The molecule has 0 radical (unpaired) electrons. The number of hydrogen-bond donors (Lipinski definition) is 2. The fraction of sp³-hybridized carbons (Fsp3) is 0.250. The number of nitrogens with zero attached hydrogens (tertiary/aromatic N) is 1. The van der Waals surface area contributed by atoms with Crippen molar-refractivity contribution in [1.82, 2.24) is 10.2 Å². The lowest BCUT2D eigenvalue weighted by atomic mass is 9.69. The molecule has 0 bridgehead atoms. The monoisotopic (exact) mass is 431 g/mol. The van der Waals surface area contributed by atoms with E-state index in [1.54, 1.807) is 22.7 Å². The number of aromatic nitrogens is 2. The summed E-state index contributed by atoms with van der Waals surface area (Å²) in [6, 6.07) is 12.9. The van der Waals surface area contributed by atoms with Crippen LogP contribution in [0, 0.1) is 5.41 Å². The highest BCUT2D eigenvalue weighted by Crippen LogP contribution is 2.52. The number of nitrogens with one attached hydrogen (secondary N) is 2. The van der Waals surface area contributed by atoms with Crippen LogP contribution >= 0.6 is 22.7 Å². The molecule has 1 unspecified atom stereocenters. The van der Waals surface area contributed by atoms with Crippen molar-refractivity contribution in [3.63, 3.8) is 0 Å². The van der Waals surface area contributed by atoms with Crippen LogP contribution in [0.2, 0.25) is 0 Å². The van der Waals surface area contributed by atoms with E-state index >= 15 is 0 Å². The molecule has 4 heterocycles. The standard InChI is InChI=1S/C24H21N3OS2/c1-24(2)10-15-20(16(28)11-24)22(19-8-7-18(30-19)17-4-3-9-29-17)21-14(26-15)6-5-13-12-25-27-23(13)21/h3-9,12,22,26H,10-11H2,1-2H3,(H,25,27). The molecule has 1 aromatic carbocycles. The summed E-state index contributed by atoms with van der Waals surface area (Å²) in [7, 11) is 0. The lowest BCUT2D eigenvalue weighted by Gasteiger charge is -2.39. The number of rotatable bonds is 2. The van der Waals surface area contributed by atoms with E-state index in [1.807, 2.05) is 6.20 Å². The fourth-order valence-electron chi connectivity index (χ4n) is 4.88. The summed E-state index contributed by atoms with van der Waals surface area (Å²) in [4.78, 5) is 17.2. The molecule has 150 valence electrons. The van der Waals surface area contributed by atoms with Gasteiger partial charge in [0.2, 0.25) is 0 Å². The first-order valence-corrected chi connectivity index (χ1v) is 11.8. The number of allylic oxidation sites excluding steroid dienone is 2. The lowest BCUT2D eigenvalue weighted by molar-refractivity contribution is -0.118. The van der Waals surface area contributed by atoms with E-state index in [0.29, 0.717) is 6.42 Å². The Labute approximate surface area is 182 Å². The Morgan fingerprint density at radius 1 is 1.10 bits per heavy atom. The Kier molecular flexibility index (Phi) is 3.86. The highest BCUT2D eigenvalue weighted by atomic mass is 32.1. The van der Waals surface area contributed by atoms with Crippen LogP contribution in [-0.2, 0) is 4.79 Å². The summed E-state index contributed by atoms with van der Waals surface area (Å²) in [5.74, 6) is 0.190. The normalized spacial score (nSPS) is 20.2. The van der Waals surface area contributed by atoms with Crippen molar-refractivity contribution in [3.8, 4) is 9.75 Å². The van der Waals surface area contributed by atoms with Gasteiger partial charge in [-0.15, -0.1) is 22.7 Å². The van der Waals surface area contributed by atoms with Gasteiger partial charge in [0, 0.05) is 49.0 Å². The van der Waals surface area contributed by atoms with E-state index in [2.05, 4.69) is 71.1 Å². The van der Waals surface area contributed by atoms with Crippen LogP contribution < -0.4 is 5.32 Å². The topological polar surface area (TPSA) is 57.8 Å². The maximum atomic E-state index is 13.4. The molecule has 4 nitrogen and oxygen atoms in total. The molecule has 1 aliphatic carbocycles. The predicted octanol–water partition coefficient (Wildman–Crippen LogP) is 6.55. The number of aromatic amines is 1. The highest BCUT2D eigenvalue weighted by molar-refractivity contribution is 7.21. The summed E-state index contributed by atoms with van der Waals surface area (Å²) in [5, 5.41) is 14.3. The molecule has 0 fully saturated rings. The van der Waals surface area contributed by atoms with Crippen LogP contribution in [0.15, 0.2) is 59.2 Å². The lowest BCUT2D eigenvalue weighted by Crippen LogP contribution is -2.33. The van der Waals surface area contributed by atoms with Crippen molar-refractivity contribution in [2.24, 2.45) is 5.41 Å². The second kappa shape index (κ2) is 6.40. The molecule has 1 aliphatic heterocycles. The van der Waals surface area contributed by atoms with Gasteiger partial charge >= 0.3 is 0 Å². The van der Waals surface area contributed by atoms with Gasteiger partial charge in [-0.2, -0.15) is 5.10 Å². The van der Waals surface area contributed by atoms with E-state index < -0.39 is 0 Å². The summed E-state index contributed by atoms with van der Waals surface area (Å²) in [5.41, 5.74) is 5.21. The van der Waals surface area contributed by atoms with Crippen molar-refractivity contribution in [2.45, 2.75) is 32.6 Å². The first kappa shape index (κ1) is 18.1. The zero-order chi connectivity index (χ0) is 20.5. The van der Waals surface area contributed by atoms with Crippen molar-refractivity contribution < 1.29 is 4.79 Å². The average Bonchev–Trinajstić information content (AvgIpc) is 3.45. The van der Waals surface area contributed by atoms with Gasteiger partial charge < -0.3 is 5.32 Å². The number of fused-ring (bicyclic) bond motifs is 3. The van der Waals surface area contributed by atoms with Crippen molar-refractivity contribution in [1.29, 1.82) is 0 Å². The predicted molar refractivity (Wildman–Crippen MR) is 124 cm³/mol. The van der Waals surface area contributed by atoms with Gasteiger partial charge in [-0.05, 0) is 47.5 Å². The van der Waals surface area contributed by atoms with Gasteiger partial charge in [0.1, 0.15) is 0 Å². The summed E-state index contributed by atoms with van der Waals surface area (Å²) >= 11 is 3.54. The van der Waals surface area contributed by atoms with E-state index in [9.17, 15) is 4.79 Å². The van der Waals surface area contributed by atoms with Crippen LogP contribution in [-0.4, -0.2) is 16.0 Å². The zero-order valence-corrected chi connectivity index (χ0v) is 18.4. The number of H-pyrrole nitrogens is 1. The third-order valence-electron chi connectivity index (χ3n) is 6.12. The van der Waals surface area contributed by atoms with E-state index in [1.165, 1.54) is 14.6 Å². The first-order chi connectivity index (χ1) is 14.5. The molecule has 30 heavy (non-hydrogen) atoms. The maximum absolute atomic E-state index is 13.4. The molecule has 2 aliphatic rings. The molecule has 1 atom stereocenters. The van der Waals surface area contributed by atoms with Crippen LogP contribution in [0.1, 0.15) is 43.0 Å². The number of thiophene rings is 2. The molecule has 0 amide bonds. The number of carbonyl (C=O) groups excluding carboxylic acids is 1. The smallest absolute Gasteiger partial charge is 0.162 e. The van der Waals surface area contributed by atoms with E-state index in [-0.39, 0.29) is 17.1 Å².